The van der Waals surface area contributed by atoms with Crippen molar-refractivity contribution in [3.8, 4) is 0 Å². The number of rotatable bonds is 5. The van der Waals surface area contributed by atoms with Crippen LogP contribution in [0.15, 0.2) is 48.8 Å². The maximum Gasteiger partial charge on any atom is 0.0741 e. The number of pyridine rings is 1. The molecule has 0 bridgehead atoms. The van der Waals surface area contributed by atoms with Gasteiger partial charge < -0.3 is 10.6 Å². The van der Waals surface area contributed by atoms with E-state index in [0.29, 0.717) is 0 Å². The molecule has 1 heterocycles. The summed E-state index contributed by atoms with van der Waals surface area (Å²) in [5, 5.41) is 0. The van der Waals surface area contributed by atoms with Crippen LogP contribution in [0.2, 0.25) is 0 Å². The Hall–Kier alpha value is -2.03. The van der Waals surface area contributed by atoms with Crippen LogP contribution >= 0.6 is 0 Å². The molecule has 0 saturated carbocycles. The maximum absolute atomic E-state index is 6.03. The Morgan fingerprint density at radius 1 is 1.17 bits per heavy atom. The van der Waals surface area contributed by atoms with Gasteiger partial charge in [-0.2, -0.15) is 0 Å². The molecule has 94 valence electrons. The second kappa shape index (κ2) is 6.05. The third kappa shape index (κ3) is 2.80. The first-order valence-electron chi connectivity index (χ1n) is 6.35. The van der Waals surface area contributed by atoms with Crippen molar-refractivity contribution < 1.29 is 0 Å². The van der Waals surface area contributed by atoms with Crippen LogP contribution in [0.4, 0.5) is 17.1 Å². The number of benzene rings is 1. The van der Waals surface area contributed by atoms with E-state index >= 15 is 0 Å². The summed E-state index contributed by atoms with van der Waals surface area (Å²) in [6, 6.07) is 12.3. The van der Waals surface area contributed by atoms with Crippen molar-refractivity contribution in [2.24, 2.45) is 0 Å². The fourth-order valence-electron chi connectivity index (χ4n) is 1.96. The monoisotopic (exact) mass is 241 g/mol. The summed E-state index contributed by atoms with van der Waals surface area (Å²) in [6.07, 6.45) is 5.79. The maximum atomic E-state index is 6.03. The van der Waals surface area contributed by atoms with Gasteiger partial charge in [0.2, 0.25) is 0 Å². The van der Waals surface area contributed by atoms with Gasteiger partial charge in [-0.25, -0.2) is 0 Å². The molecule has 3 nitrogen and oxygen atoms in total. The van der Waals surface area contributed by atoms with Gasteiger partial charge in [0.1, 0.15) is 0 Å². The van der Waals surface area contributed by atoms with E-state index in [-0.39, 0.29) is 0 Å². The fraction of sp³-hybridized carbons (Fsp3) is 0.267. The standard InChI is InChI=1S/C15H19N3/c1-2-3-11-18(13-7-5-4-6-8-13)15-9-10-17-12-14(15)16/h4-10,12H,2-3,11,16H2,1H3. The van der Waals surface area contributed by atoms with Gasteiger partial charge in [0.25, 0.3) is 0 Å². The molecule has 0 amide bonds. The predicted octanol–water partition coefficient (Wildman–Crippen LogP) is 3.60. The van der Waals surface area contributed by atoms with Crippen molar-refractivity contribution >= 4 is 17.1 Å². The number of hydrogen-bond acceptors (Lipinski definition) is 3. The summed E-state index contributed by atoms with van der Waals surface area (Å²) >= 11 is 0. The van der Waals surface area contributed by atoms with Gasteiger partial charge in [-0.3, -0.25) is 4.98 Å². The zero-order valence-electron chi connectivity index (χ0n) is 10.7. The SMILES string of the molecule is CCCCN(c1ccccc1)c1ccncc1N. The molecule has 2 N–H and O–H groups in total. The van der Waals surface area contributed by atoms with Gasteiger partial charge in [0, 0.05) is 18.4 Å². The third-order valence-corrected chi connectivity index (χ3v) is 2.92. The van der Waals surface area contributed by atoms with Crippen molar-refractivity contribution in [1.82, 2.24) is 4.98 Å². The molecule has 0 atom stereocenters. The van der Waals surface area contributed by atoms with E-state index in [4.69, 9.17) is 5.73 Å². The molecular formula is C15H19N3. The highest BCUT2D eigenvalue weighted by Crippen LogP contribution is 2.29. The van der Waals surface area contributed by atoms with E-state index in [1.807, 2.05) is 24.3 Å². The average Bonchev–Trinajstić information content (AvgIpc) is 2.42. The number of nitrogens with zero attached hydrogens (tertiary/aromatic N) is 2. The minimum absolute atomic E-state index is 0.720. The first-order valence-corrected chi connectivity index (χ1v) is 6.35. The van der Waals surface area contributed by atoms with Gasteiger partial charge in [0.05, 0.1) is 17.6 Å². The lowest BCUT2D eigenvalue weighted by Gasteiger charge is -2.26. The molecule has 0 aliphatic rings. The summed E-state index contributed by atoms with van der Waals surface area (Å²) in [4.78, 5) is 6.30. The number of aromatic nitrogens is 1. The quantitative estimate of drug-likeness (QED) is 0.869. The van der Waals surface area contributed by atoms with Crippen molar-refractivity contribution in [3.63, 3.8) is 0 Å². The van der Waals surface area contributed by atoms with Crippen LogP contribution < -0.4 is 10.6 Å². The van der Waals surface area contributed by atoms with Crippen molar-refractivity contribution in [1.29, 1.82) is 0 Å². The Balaban J connectivity index is 2.34. The molecule has 1 aromatic carbocycles. The van der Waals surface area contributed by atoms with Crippen molar-refractivity contribution in [3.05, 3.63) is 48.8 Å². The highest BCUT2D eigenvalue weighted by molar-refractivity contribution is 5.73. The lowest BCUT2D eigenvalue weighted by molar-refractivity contribution is 0.786. The summed E-state index contributed by atoms with van der Waals surface area (Å²) in [6.45, 7) is 3.16. The Morgan fingerprint density at radius 2 is 1.94 bits per heavy atom. The first kappa shape index (κ1) is 12.4. The number of unbranched alkanes of at least 4 members (excludes halogenated alkanes) is 1. The number of nitrogens with two attached hydrogens (primary N) is 1. The van der Waals surface area contributed by atoms with Crippen LogP contribution in [-0.4, -0.2) is 11.5 Å². The van der Waals surface area contributed by atoms with Crippen LogP contribution in [0.25, 0.3) is 0 Å². The second-order valence-corrected chi connectivity index (χ2v) is 4.28. The van der Waals surface area contributed by atoms with E-state index in [1.165, 1.54) is 5.69 Å². The number of nitrogen functional groups attached to an aromatic ring is 1. The summed E-state index contributed by atoms with van der Waals surface area (Å²) < 4.78 is 0. The van der Waals surface area contributed by atoms with Crippen LogP contribution in [-0.2, 0) is 0 Å². The average molecular weight is 241 g/mol. The molecule has 18 heavy (non-hydrogen) atoms. The molecular weight excluding hydrogens is 222 g/mol. The first-order chi connectivity index (χ1) is 8.83. The largest absolute Gasteiger partial charge is 0.396 e. The summed E-state index contributed by atoms with van der Waals surface area (Å²) in [5.74, 6) is 0. The molecule has 0 spiro atoms. The Labute approximate surface area is 108 Å². The van der Waals surface area contributed by atoms with Gasteiger partial charge in [0.15, 0.2) is 0 Å². The summed E-state index contributed by atoms with van der Waals surface area (Å²) in [5.41, 5.74) is 8.95. The van der Waals surface area contributed by atoms with E-state index in [0.717, 1.165) is 30.8 Å². The summed E-state index contributed by atoms with van der Waals surface area (Å²) in [7, 11) is 0. The lowest BCUT2D eigenvalue weighted by Crippen LogP contribution is -2.19. The lowest BCUT2D eigenvalue weighted by atomic mass is 10.2. The van der Waals surface area contributed by atoms with Gasteiger partial charge in [-0.15, -0.1) is 0 Å². The van der Waals surface area contributed by atoms with Crippen molar-refractivity contribution in [2.75, 3.05) is 17.2 Å². The Morgan fingerprint density at radius 3 is 2.61 bits per heavy atom. The van der Waals surface area contributed by atoms with Gasteiger partial charge >= 0.3 is 0 Å². The zero-order valence-corrected chi connectivity index (χ0v) is 10.7. The van der Waals surface area contributed by atoms with Crippen LogP contribution in [0.5, 0.6) is 0 Å². The van der Waals surface area contributed by atoms with E-state index in [2.05, 4.69) is 28.9 Å². The number of hydrogen-bond donors (Lipinski definition) is 1. The number of anilines is 3. The highest BCUT2D eigenvalue weighted by Gasteiger charge is 2.10. The van der Waals surface area contributed by atoms with Gasteiger partial charge in [-0.1, -0.05) is 31.5 Å². The Bertz CT molecular complexity index is 482. The van der Waals surface area contributed by atoms with Crippen LogP contribution in [0.3, 0.4) is 0 Å². The van der Waals surface area contributed by atoms with Gasteiger partial charge in [-0.05, 0) is 24.6 Å². The van der Waals surface area contributed by atoms with E-state index in [1.54, 1.807) is 12.4 Å². The molecule has 3 heteroatoms. The molecule has 0 aliphatic carbocycles. The van der Waals surface area contributed by atoms with Crippen LogP contribution in [0, 0.1) is 0 Å². The second-order valence-electron chi connectivity index (χ2n) is 4.28. The minimum atomic E-state index is 0.720. The van der Waals surface area contributed by atoms with Crippen LogP contribution in [0.1, 0.15) is 19.8 Å². The normalized spacial score (nSPS) is 10.3. The third-order valence-electron chi connectivity index (χ3n) is 2.92. The molecule has 0 saturated heterocycles. The fourth-order valence-corrected chi connectivity index (χ4v) is 1.96. The highest BCUT2D eigenvalue weighted by atomic mass is 15.1. The molecule has 0 unspecified atom stereocenters. The molecule has 0 radical (unpaired) electrons. The smallest absolute Gasteiger partial charge is 0.0741 e. The minimum Gasteiger partial charge on any atom is -0.396 e. The predicted molar refractivity (Wildman–Crippen MR) is 77.0 cm³/mol. The van der Waals surface area contributed by atoms with E-state index < -0.39 is 0 Å². The molecule has 1 aromatic heterocycles. The molecule has 0 aliphatic heterocycles. The zero-order chi connectivity index (χ0) is 12.8. The molecule has 2 rings (SSSR count). The van der Waals surface area contributed by atoms with Crippen molar-refractivity contribution in [2.45, 2.75) is 19.8 Å². The molecule has 0 fully saturated rings. The Kier molecular flexibility index (Phi) is 4.18. The molecule has 2 aromatic rings. The topological polar surface area (TPSA) is 42.2 Å². The number of para-hydroxylation sites is 1. The van der Waals surface area contributed by atoms with E-state index in [9.17, 15) is 0 Å².